The highest BCUT2D eigenvalue weighted by Crippen LogP contribution is 2.19. The maximum atomic E-state index is 13.3. The quantitative estimate of drug-likeness (QED) is 0.101. The van der Waals surface area contributed by atoms with Gasteiger partial charge in [-0.25, -0.2) is 4.79 Å². The number of nitrogens with one attached hydrogen (secondary N) is 4. The Labute approximate surface area is 232 Å². The normalized spacial score (nSPS) is 13.8. The number of amides is 4. The van der Waals surface area contributed by atoms with Gasteiger partial charge in [0.2, 0.25) is 23.6 Å². The van der Waals surface area contributed by atoms with Gasteiger partial charge in [0.25, 0.3) is 0 Å². The number of benzene rings is 1. The summed E-state index contributed by atoms with van der Waals surface area (Å²) in [6, 6.07) is 1.03. The third-order valence-corrected chi connectivity index (χ3v) is 6.04. The average Bonchev–Trinajstić information content (AvgIpc) is 3.30. The van der Waals surface area contributed by atoms with Crippen LogP contribution in [-0.4, -0.2) is 86.0 Å². The number of carbonyl (C=O) groups excluding carboxylic acids is 4. The fraction of sp³-hybridized carbons (Fsp3) is 0.400. The SMILES string of the molecule is NC(=O)CCC(N)C(=O)NC(Cc1c[nH]c2ccccc12)C(=O)NC(CC(=O)O)C(=O)NC(CCC(=O)O)C(=O)O. The minimum atomic E-state index is -1.78. The van der Waals surface area contributed by atoms with Crippen LogP contribution in [-0.2, 0) is 40.0 Å². The Morgan fingerprint density at radius 1 is 0.780 bits per heavy atom. The molecule has 4 amide bonds. The molecule has 0 bridgehead atoms. The summed E-state index contributed by atoms with van der Waals surface area (Å²) in [4.78, 5) is 86.7. The minimum Gasteiger partial charge on any atom is -0.481 e. The highest BCUT2D eigenvalue weighted by molar-refractivity contribution is 5.96. The molecular weight excluding hydrogens is 544 g/mol. The second-order valence-corrected chi connectivity index (χ2v) is 9.23. The van der Waals surface area contributed by atoms with Gasteiger partial charge in [-0.05, 0) is 24.5 Å². The van der Waals surface area contributed by atoms with Crippen molar-refractivity contribution in [3.63, 3.8) is 0 Å². The minimum absolute atomic E-state index is 0.112. The van der Waals surface area contributed by atoms with Gasteiger partial charge in [0.15, 0.2) is 0 Å². The van der Waals surface area contributed by atoms with Gasteiger partial charge in [-0.15, -0.1) is 0 Å². The Bertz CT molecular complexity index is 1310. The first kappa shape index (κ1) is 32.2. The summed E-state index contributed by atoms with van der Waals surface area (Å²) in [7, 11) is 0. The van der Waals surface area contributed by atoms with E-state index in [1.807, 2.05) is 5.32 Å². The third-order valence-electron chi connectivity index (χ3n) is 6.04. The van der Waals surface area contributed by atoms with E-state index in [2.05, 4.69) is 15.6 Å². The molecule has 41 heavy (non-hydrogen) atoms. The fourth-order valence-electron chi connectivity index (χ4n) is 3.89. The van der Waals surface area contributed by atoms with E-state index >= 15 is 0 Å². The molecule has 2 rings (SSSR count). The lowest BCUT2D eigenvalue weighted by Gasteiger charge is -2.24. The van der Waals surface area contributed by atoms with Crippen molar-refractivity contribution in [2.24, 2.45) is 11.5 Å². The van der Waals surface area contributed by atoms with Crippen molar-refractivity contribution in [3.05, 3.63) is 36.0 Å². The summed E-state index contributed by atoms with van der Waals surface area (Å²) < 4.78 is 0. The number of aromatic nitrogens is 1. The zero-order valence-corrected chi connectivity index (χ0v) is 21.8. The van der Waals surface area contributed by atoms with Crippen LogP contribution in [0.25, 0.3) is 10.9 Å². The van der Waals surface area contributed by atoms with Crippen LogP contribution in [0.2, 0.25) is 0 Å². The van der Waals surface area contributed by atoms with E-state index in [4.69, 9.17) is 16.6 Å². The molecule has 0 radical (unpaired) electrons. The molecule has 1 aromatic heterocycles. The number of fused-ring (bicyclic) bond motifs is 1. The molecule has 11 N–H and O–H groups in total. The summed E-state index contributed by atoms with van der Waals surface area (Å²) in [5, 5.41) is 34.9. The highest BCUT2D eigenvalue weighted by Gasteiger charge is 2.32. The van der Waals surface area contributed by atoms with E-state index in [-0.39, 0.29) is 19.3 Å². The number of primary amides is 1. The molecule has 16 nitrogen and oxygen atoms in total. The number of carbonyl (C=O) groups is 7. The molecule has 0 saturated carbocycles. The van der Waals surface area contributed by atoms with E-state index in [1.54, 1.807) is 30.5 Å². The summed E-state index contributed by atoms with van der Waals surface area (Å²) in [6.07, 6.45) is -0.864. The summed E-state index contributed by atoms with van der Waals surface area (Å²) in [5.74, 6) is -8.05. The van der Waals surface area contributed by atoms with Gasteiger partial charge in [0.1, 0.15) is 18.1 Å². The first-order chi connectivity index (χ1) is 19.3. The number of aromatic amines is 1. The predicted molar refractivity (Wildman–Crippen MR) is 141 cm³/mol. The molecule has 222 valence electrons. The van der Waals surface area contributed by atoms with Crippen molar-refractivity contribution < 1.29 is 48.9 Å². The number of carboxylic acid groups (broad SMARTS) is 3. The number of rotatable bonds is 17. The standard InChI is InChI=1S/C25H32N6O10/c26-14(5-7-19(27)32)22(37)30-17(9-12-11-28-15-4-2-1-3-13(12)15)23(38)31-18(10-21(35)36)24(39)29-16(25(40)41)6-8-20(33)34/h1-4,11,14,16-18,28H,5-10,26H2,(H2,27,32)(H,29,39)(H,30,37)(H,31,38)(H,33,34)(H,35,36)(H,40,41). The number of carboxylic acids is 3. The zero-order chi connectivity index (χ0) is 30.7. The smallest absolute Gasteiger partial charge is 0.326 e. The molecule has 0 spiro atoms. The monoisotopic (exact) mass is 576 g/mol. The maximum absolute atomic E-state index is 13.3. The van der Waals surface area contributed by atoms with Crippen molar-refractivity contribution in [1.29, 1.82) is 0 Å². The lowest BCUT2D eigenvalue weighted by Crippen LogP contribution is -2.58. The molecule has 0 fully saturated rings. The van der Waals surface area contributed by atoms with Crippen LogP contribution in [0, 0.1) is 0 Å². The molecule has 4 unspecified atom stereocenters. The van der Waals surface area contributed by atoms with E-state index in [1.165, 1.54) is 0 Å². The highest BCUT2D eigenvalue weighted by atomic mass is 16.4. The van der Waals surface area contributed by atoms with Crippen LogP contribution in [0.15, 0.2) is 30.5 Å². The Morgan fingerprint density at radius 3 is 2.00 bits per heavy atom. The number of aliphatic carboxylic acids is 3. The number of hydrogen-bond acceptors (Lipinski definition) is 8. The van der Waals surface area contributed by atoms with Gasteiger partial charge in [-0.3, -0.25) is 28.8 Å². The number of para-hydroxylation sites is 1. The van der Waals surface area contributed by atoms with Crippen LogP contribution >= 0.6 is 0 Å². The van der Waals surface area contributed by atoms with Crippen molar-refractivity contribution in [2.75, 3.05) is 0 Å². The van der Waals surface area contributed by atoms with Gasteiger partial charge in [-0.2, -0.15) is 0 Å². The third kappa shape index (κ3) is 10.2. The van der Waals surface area contributed by atoms with E-state index < -0.39 is 85.0 Å². The van der Waals surface area contributed by atoms with Crippen LogP contribution in [0.5, 0.6) is 0 Å². The van der Waals surface area contributed by atoms with Gasteiger partial charge < -0.3 is 47.7 Å². The first-order valence-electron chi connectivity index (χ1n) is 12.4. The topological polar surface area (TPSA) is 284 Å². The van der Waals surface area contributed by atoms with Crippen LogP contribution in [0.1, 0.15) is 37.7 Å². The molecule has 1 heterocycles. The van der Waals surface area contributed by atoms with Gasteiger partial charge in [0, 0.05) is 36.4 Å². The van der Waals surface area contributed by atoms with E-state index in [9.17, 15) is 43.8 Å². The molecule has 0 saturated heterocycles. The lowest BCUT2D eigenvalue weighted by atomic mass is 10.0. The first-order valence-corrected chi connectivity index (χ1v) is 12.4. The second-order valence-electron chi connectivity index (χ2n) is 9.23. The molecule has 0 aliphatic carbocycles. The van der Waals surface area contributed by atoms with Crippen molar-refractivity contribution in [2.45, 2.75) is 62.7 Å². The molecule has 4 atom stereocenters. The number of H-pyrrole nitrogens is 1. The van der Waals surface area contributed by atoms with Crippen molar-refractivity contribution >= 4 is 52.4 Å². The number of hydrogen-bond donors (Lipinski definition) is 9. The van der Waals surface area contributed by atoms with Crippen LogP contribution < -0.4 is 27.4 Å². The molecule has 0 aliphatic rings. The van der Waals surface area contributed by atoms with E-state index in [0.29, 0.717) is 5.56 Å². The average molecular weight is 577 g/mol. The van der Waals surface area contributed by atoms with Crippen molar-refractivity contribution in [1.82, 2.24) is 20.9 Å². The Hall–Kier alpha value is -4.99. The molecule has 1 aromatic carbocycles. The van der Waals surface area contributed by atoms with Crippen LogP contribution in [0.4, 0.5) is 0 Å². The largest absolute Gasteiger partial charge is 0.481 e. The summed E-state index contributed by atoms with van der Waals surface area (Å²) in [6.45, 7) is 0. The summed E-state index contributed by atoms with van der Waals surface area (Å²) in [5.41, 5.74) is 12.2. The van der Waals surface area contributed by atoms with Gasteiger partial charge in [0.05, 0.1) is 12.5 Å². The molecular formula is C25H32N6O10. The van der Waals surface area contributed by atoms with Gasteiger partial charge >= 0.3 is 17.9 Å². The van der Waals surface area contributed by atoms with Gasteiger partial charge in [-0.1, -0.05) is 18.2 Å². The number of nitrogens with two attached hydrogens (primary N) is 2. The van der Waals surface area contributed by atoms with Crippen molar-refractivity contribution in [3.8, 4) is 0 Å². The van der Waals surface area contributed by atoms with Crippen LogP contribution in [0.3, 0.4) is 0 Å². The molecule has 2 aromatic rings. The predicted octanol–water partition coefficient (Wildman–Crippen LogP) is -1.82. The summed E-state index contributed by atoms with van der Waals surface area (Å²) >= 11 is 0. The Morgan fingerprint density at radius 2 is 1.39 bits per heavy atom. The Balaban J connectivity index is 2.29. The molecule has 16 heteroatoms. The fourth-order valence-corrected chi connectivity index (χ4v) is 3.89. The maximum Gasteiger partial charge on any atom is 0.326 e. The van der Waals surface area contributed by atoms with E-state index in [0.717, 1.165) is 10.9 Å². The molecule has 0 aliphatic heterocycles. The Kier molecular flexibility index (Phi) is 11.8. The second kappa shape index (κ2) is 15.0. The zero-order valence-electron chi connectivity index (χ0n) is 21.8. The lowest BCUT2D eigenvalue weighted by molar-refractivity contribution is -0.144.